The van der Waals surface area contributed by atoms with Crippen molar-refractivity contribution in [3.63, 3.8) is 0 Å². The molecule has 0 aromatic heterocycles. The minimum atomic E-state index is -1.52. The normalized spacial score (nSPS) is 12.6. The van der Waals surface area contributed by atoms with E-state index in [-0.39, 0.29) is 18.6 Å². The highest BCUT2D eigenvalue weighted by Gasteiger charge is 2.22. The predicted molar refractivity (Wildman–Crippen MR) is 64.0 cm³/mol. The molecule has 19 heavy (non-hydrogen) atoms. The van der Waals surface area contributed by atoms with Gasteiger partial charge in [0.1, 0.15) is 0 Å². The summed E-state index contributed by atoms with van der Waals surface area (Å²) in [7, 11) is 3.31. The molecule has 0 radical (unpaired) electrons. The molecule has 1 rings (SSSR count). The topological polar surface area (TPSA) is 29.5 Å². The van der Waals surface area contributed by atoms with E-state index in [0.29, 0.717) is 0 Å². The molecule has 0 N–H and O–H groups in total. The van der Waals surface area contributed by atoms with Gasteiger partial charge in [0.15, 0.2) is 17.5 Å². The fraction of sp³-hybridized carbons (Fsp3) is 0.462. The lowest BCUT2D eigenvalue weighted by atomic mass is 10.0. The van der Waals surface area contributed by atoms with Gasteiger partial charge in [-0.1, -0.05) is 0 Å². The molecule has 0 heterocycles. The lowest BCUT2D eigenvalue weighted by Crippen LogP contribution is -2.24. The molecule has 0 aliphatic rings. The molecule has 106 valence electrons. The van der Waals surface area contributed by atoms with Crippen molar-refractivity contribution in [1.82, 2.24) is 4.90 Å². The van der Waals surface area contributed by atoms with E-state index in [2.05, 4.69) is 0 Å². The van der Waals surface area contributed by atoms with Crippen molar-refractivity contribution in [2.24, 2.45) is 0 Å². The highest BCUT2D eigenvalue weighted by molar-refractivity contribution is 5.70. The molecule has 0 saturated carbocycles. The van der Waals surface area contributed by atoms with Gasteiger partial charge >= 0.3 is 5.97 Å². The lowest BCUT2D eigenvalue weighted by molar-refractivity contribution is -0.144. The standard InChI is InChI=1S/C13H16F3NO2/c1-4-19-12(18)7-11(17(2)3)8-5-9(14)13(16)10(15)6-8/h5-6,11H,4,7H2,1-3H3. The van der Waals surface area contributed by atoms with Crippen LogP contribution in [0.2, 0.25) is 0 Å². The molecule has 0 fully saturated rings. The first kappa shape index (κ1) is 15.5. The van der Waals surface area contributed by atoms with Gasteiger partial charge in [-0.25, -0.2) is 13.2 Å². The van der Waals surface area contributed by atoms with Gasteiger partial charge in [0.2, 0.25) is 0 Å². The first-order valence-electron chi connectivity index (χ1n) is 5.83. The Kier molecular flexibility index (Phi) is 5.35. The number of carbonyl (C=O) groups excluding carboxylic acids is 1. The number of benzene rings is 1. The third kappa shape index (κ3) is 3.96. The van der Waals surface area contributed by atoms with Crippen LogP contribution in [0.3, 0.4) is 0 Å². The van der Waals surface area contributed by atoms with Gasteiger partial charge in [-0.2, -0.15) is 0 Å². The van der Waals surface area contributed by atoms with Crippen LogP contribution in [0.4, 0.5) is 13.2 Å². The summed E-state index contributed by atoms with van der Waals surface area (Å²) >= 11 is 0. The summed E-state index contributed by atoms with van der Waals surface area (Å²) in [6, 6.07) is 1.20. The number of hydrogen-bond acceptors (Lipinski definition) is 3. The molecule has 0 bridgehead atoms. The fourth-order valence-electron chi connectivity index (χ4n) is 1.74. The van der Waals surface area contributed by atoms with E-state index in [1.807, 2.05) is 0 Å². The average Bonchev–Trinajstić information content (AvgIpc) is 2.32. The van der Waals surface area contributed by atoms with Crippen LogP contribution >= 0.6 is 0 Å². The molecule has 0 spiro atoms. The lowest BCUT2D eigenvalue weighted by Gasteiger charge is -2.24. The minimum Gasteiger partial charge on any atom is -0.466 e. The molecule has 0 aliphatic heterocycles. The van der Waals surface area contributed by atoms with Gasteiger partial charge in [0, 0.05) is 6.04 Å². The number of rotatable bonds is 5. The quantitative estimate of drug-likeness (QED) is 0.611. The van der Waals surface area contributed by atoms with Crippen LogP contribution in [0.15, 0.2) is 12.1 Å². The Morgan fingerprint density at radius 2 is 1.79 bits per heavy atom. The van der Waals surface area contributed by atoms with E-state index in [0.717, 1.165) is 12.1 Å². The molecule has 3 nitrogen and oxygen atoms in total. The molecule has 1 unspecified atom stereocenters. The Morgan fingerprint density at radius 3 is 2.21 bits per heavy atom. The predicted octanol–water partition coefficient (Wildman–Crippen LogP) is 2.66. The summed E-state index contributed by atoms with van der Waals surface area (Å²) < 4.78 is 44.1. The molecule has 1 atom stereocenters. The van der Waals surface area contributed by atoms with E-state index >= 15 is 0 Å². The monoisotopic (exact) mass is 275 g/mol. The first-order chi connectivity index (χ1) is 8.86. The summed E-state index contributed by atoms with van der Waals surface area (Å²) in [5, 5.41) is 0. The van der Waals surface area contributed by atoms with Crippen molar-refractivity contribution < 1.29 is 22.7 Å². The molecule has 0 amide bonds. The second kappa shape index (κ2) is 6.56. The minimum absolute atomic E-state index is 0.0641. The van der Waals surface area contributed by atoms with Gasteiger partial charge < -0.3 is 9.64 Å². The van der Waals surface area contributed by atoms with E-state index in [9.17, 15) is 18.0 Å². The van der Waals surface area contributed by atoms with Gasteiger partial charge in [-0.15, -0.1) is 0 Å². The van der Waals surface area contributed by atoms with Crippen LogP contribution in [-0.2, 0) is 9.53 Å². The summed E-state index contributed by atoms with van der Waals surface area (Å²) in [5.74, 6) is -4.54. The van der Waals surface area contributed by atoms with E-state index < -0.39 is 29.5 Å². The van der Waals surface area contributed by atoms with Crippen molar-refractivity contribution in [2.45, 2.75) is 19.4 Å². The molecule has 6 heteroatoms. The Bertz CT molecular complexity index is 440. The smallest absolute Gasteiger partial charge is 0.307 e. The van der Waals surface area contributed by atoms with Crippen LogP contribution < -0.4 is 0 Å². The maximum Gasteiger partial charge on any atom is 0.307 e. The molecule has 1 aromatic rings. The van der Waals surface area contributed by atoms with Crippen LogP contribution in [0.25, 0.3) is 0 Å². The number of nitrogens with zero attached hydrogens (tertiary/aromatic N) is 1. The number of ether oxygens (including phenoxy) is 1. The Balaban J connectivity index is 3.03. The molecule has 1 aromatic carbocycles. The molecule has 0 aliphatic carbocycles. The van der Waals surface area contributed by atoms with Crippen molar-refractivity contribution in [1.29, 1.82) is 0 Å². The second-order valence-corrected chi connectivity index (χ2v) is 4.29. The molecule has 0 saturated heterocycles. The number of halogens is 3. The van der Waals surface area contributed by atoms with Crippen LogP contribution in [0.5, 0.6) is 0 Å². The highest BCUT2D eigenvalue weighted by Crippen LogP contribution is 2.25. The second-order valence-electron chi connectivity index (χ2n) is 4.29. The molecular weight excluding hydrogens is 259 g/mol. The zero-order chi connectivity index (χ0) is 14.6. The fourth-order valence-corrected chi connectivity index (χ4v) is 1.74. The van der Waals surface area contributed by atoms with E-state index in [4.69, 9.17) is 4.74 Å². The number of hydrogen-bond donors (Lipinski definition) is 0. The van der Waals surface area contributed by atoms with Crippen molar-refractivity contribution in [3.8, 4) is 0 Å². The maximum absolute atomic E-state index is 13.2. The van der Waals surface area contributed by atoms with Crippen molar-refractivity contribution >= 4 is 5.97 Å². The average molecular weight is 275 g/mol. The van der Waals surface area contributed by atoms with Gasteiger partial charge in [0.25, 0.3) is 0 Å². The Morgan fingerprint density at radius 1 is 1.26 bits per heavy atom. The molecular formula is C13H16F3NO2. The van der Waals surface area contributed by atoms with Gasteiger partial charge in [-0.05, 0) is 38.7 Å². The van der Waals surface area contributed by atoms with Crippen molar-refractivity contribution in [3.05, 3.63) is 35.1 Å². The zero-order valence-corrected chi connectivity index (χ0v) is 11.0. The maximum atomic E-state index is 13.2. The van der Waals surface area contributed by atoms with Crippen LogP contribution in [0.1, 0.15) is 24.9 Å². The van der Waals surface area contributed by atoms with E-state index in [1.165, 1.54) is 0 Å². The van der Waals surface area contributed by atoms with Crippen LogP contribution in [-0.4, -0.2) is 31.6 Å². The Labute approximate surface area is 110 Å². The van der Waals surface area contributed by atoms with E-state index in [1.54, 1.807) is 25.9 Å². The number of carbonyl (C=O) groups is 1. The third-order valence-electron chi connectivity index (χ3n) is 2.68. The summed E-state index contributed by atoms with van der Waals surface area (Å²) in [5.41, 5.74) is 0.189. The number of esters is 1. The summed E-state index contributed by atoms with van der Waals surface area (Å²) in [6.07, 6.45) is -0.0641. The van der Waals surface area contributed by atoms with Crippen molar-refractivity contribution in [2.75, 3.05) is 20.7 Å². The zero-order valence-electron chi connectivity index (χ0n) is 11.0. The SMILES string of the molecule is CCOC(=O)CC(c1cc(F)c(F)c(F)c1)N(C)C. The Hall–Kier alpha value is -1.56. The van der Waals surface area contributed by atoms with Gasteiger partial charge in [0.05, 0.1) is 13.0 Å². The van der Waals surface area contributed by atoms with Gasteiger partial charge in [-0.3, -0.25) is 4.79 Å². The highest BCUT2D eigenvalue weighted by atomic mass is 19.2. The van der Waals surface area contributed by atoms with Crippen LogP contribution in [0, 0.1) is 17.5 Å². The summed E-state index contributed by atoms with van der Waals surface area (Å²) in [4.78, 5) is 13.1. The largest absolute Gasteiger partial charge is 0.466 e. The third-order valence-corrected chi connectivity index (χ3v) is 2.68. The first-order valence-corrected chi connectivity index (χ1v) is 5.83. The summed E-state index contributed by atoms with van der Waals surface area (Å²) in [6.45, 7) is 1.89.